The lowest BCUT2D eigenvalue weighted by Crippen LogP contribution is -1.93. The number of hydrogen-bond acceptors (Lipinski definition) is 5. The average molecular weight is 228 g/mol. The fourth-order valence-corrected chi connectivity index (χ4v) is 1.63. The van der Waals surface area contributed by atoms with Crippen molar-refractivity contribution in [2.24, 2.45) is 0 Å². The third kappa shape index (κ3) is 1.55. The van der Waals surface area contributed by atoms with Crippen molar-refractivity contribution in [3.63, 3.8) is 0 Å². The van der Waals surface area contributed by atoms with Gasteiger partial charge in [-0.3, -0.25) is 4.40 Å². The van der Waals surface area contributed by atoms with Gasteiger partial charge in [0.15, 0.2) is 5.82 Å². The quantitative estimate of drug-likeness (QED) is 0.653. The Hall–Kier alpha value is -2.63. The van der Waals surface area contributed by atoms with E-state index in [0.717, 1.165) is 11.7 Å². The normalized spacial score (nSPS) is 10.8. The van der Waals surface area contributed by atoms with Crippen molar-refractivity contribution < 1.29 is 10.2 Å². The van der Waals surface area contributed by atoms with Gasteiger partial charge in [0.1, 0.15) is 11.3 Å². The van der Waals surface area contributed by atoms with E-state index in [1.165, 1.54) is 0 Å². The molecular weight excluding hydrogens is 220 g/mol. The van der Waals surface area contributed by atoms with Crippen molar-refractivity contribution in [2.45, 2.75) is 0 Å². The Balaban J connectivity index is 2.27. The molecule has 3 rings (SSSR count). The molecule has 6 nitrogen and oxygen atoms in total. The highest BCUT2D eigenvalue weighted by atomic mass is 16.3. The summed E-state index contributed by atoms with van der Waals surface area (Å²) in [6, 6.07) is 6.63. The Morgan fingerprint density at radius 1 is 1.06 bits per heavy atom. The van der Waals surface area contributed by atoms with Crippen molar-refractivity contribution in [1.82, 2.24) is 19.4 Å². The van der Waals surface area contributed by atoms with Crippen LogP contribution in [0.4, 0.5) is 0 Å². The van der Waals surface area contributed by atoms with E-state index in [0.29, 0.717) is 5.69 Å². The number of rotatable bonds is 1. The average Bonchev–Trinajstić information content (AvgIpc) is 2.71. The summed E-state index contributed by atoms with van der Waals surface area (Å²) in [5.74, 6) is -0.335. The first-order valence-corrected chi connectivity index (χ1v) is 4.93. The van der Waals surface area contributed by atoms with Crippen LogP contribution in [-0.2, 0) is 0 Å². The van der Waals surface area contributed by atoms with E-state index in [2.05, 4.69) is 15.0 Å². The second kappa shape index (κ2) is 3.44. The number of aromatic hydroxyl groups is 2. The molecule has 84 valence electrons. The lowest BCUT2D eigenvalue weighted by molar-refractivity contribution is 0.422. The molecule has 0 amide bonds. The third-order valence-electron chi connectivity index (χ3n) is 2.35. The summed E-state index contributed by atoms with van der Waals surface area (Å²) in [6.45, 7) is 0. The highest BCUT2D eigenvalue weighted by Crippen LogP contribution is 2.21. The van der Waals surface area contributed by atoms with E-state index in [1.807, 2.05) is 24.4 Å². The molecule has 3 heterocycles. The SMILES string of the molecule is Oc1cc(O)nc(-c2cnc3ccccn23)n1. The summed E-state index contributed by atoms with van der Waals surface area (Å²) < 4.78 is 1.77. The van der Waals surface area contributed by atoms with Crippen molar-refractivity contribution in [2.75, 3.05) is 0 Å². The lowest BCUT2D eigenvalue weighted by Gasteiger charge is -2.01. The van der Waals surface area contributed by atoms with E-state index in [1.54, 1.807) is 10.6 Å². The summed E-state index contributed by atoms with van der Waals surface area (Å²) in [5.41, 5.74) is 1.35. The number of hydrogen-bond donors (Lipinski definition) is 2. The molecule has 0 aromatic carbocycles. The molecule has 3 aromatic heterocycles. The van der Waals surface area contributed by atoms with Crippen LogP contribution < -0.4 is 0 Å². The third-order valence-corrected chi connectivity index (χ3v) is 2.35. The van der Waals surface area contributed by atoms with Gasteiger partial charge in [0.2, 0.25) is 11.8 Å². The Morgan fingerprint density at radius 3 is 2.59 bits per heavy atom. The molecule has 0 unspecified atom stereocenters. The first-order chi connectivity index (χ1) is 8.24. The fourth-order valence-electron chi connectivity index (χ4n) is 1.63. The highest BCUT2D eigenvalue weighted by Gasteiger charge is 2.10. The summed E-state index contributed by atoms with van der Waals surface area (Å²) >= 11 is 0. The van der Waals surface area contributed by atoms with Crippen LogP contribution in [0.3, 0.4) is 0 Å². The monoisotopic (exact) mass is 228 g/mol. The molecule has 0 aliphatic carbocycles. The summed E-state index contributed by atoms with van der Waals surface area (Å²) in [7, 11) is 0. The van der Waals surface area contributed by atoms with Gasteiger partial charge in [-0.05, 0) is 12.1 Å². The lowest BCUT2D eigenvalue weighted by atomic mass is 10.4. The number of fused-ring (bicyclic) bond motifs is 1. The zero-order chi connectivity index (χ0) is 11.8. The van der Waals surface area contributed by atoms with E-state index >= 15 is 0 Å². The Bertz CT molecular complexity index is 673. The minimum absolute atomic E-state index is 0.223. The van der Waals surface area contributed by atoms with Gasteiger partial charge in [-0.25, -0.2) is 4.98 Å². The maximum Gasteiger partial charge on any atom is 0.218 e. The molecule has 0 fully saturated rings. The Labute approximate surface area is 95.9 Å². The molecule has 0 atom stereocenters. The molecule has 2 N–H and O–H groups in total. The zero-order valence-electron chi connectivity index (χ0n) is 8.65. The van der Waals surface area contributed by atoms with E-state index < -0.39 is 0 Å². The van der Waals surface area contributed by atoms with Gasteiger partial charge in [-0.2, -0.15) is 9.97 Å². The predicted molar refractivity (Wildman–Crippen MR) is 59.5 cm³/mol. The zero-order valence-corrected chi connectivity index (χ0v) is 8.65. The number of nitrogens with zero attached hydrogens (tertiary/aromatic N) is 4. The summed E-state index contributed by atoms with van der Waals surface area (Å²) in [6.07, 6.45) is 3.39. The van der Waals surface area contributed by atoms with Gasteiger partial charge in [0.05, 0.1) is 12.3 Å². The molecule has 0 spiro atoms. The van der Waals surface area contributed by atoms with Gasteiger partial charge < -0.3 is 10.2 Å². The fraction of sp³-hybridized carbons (Fsp3) is 0. The van der Waals surface area contributed by atoms with Crippen LogP contribution in [0.15, 0.2) is 36.7 Å². The molecule has 0 bridgehead atoms. The molecule has 17 heavy (non-hydrogen) atoms. The van der Waals surface area contributed by atoms with Crippen LogP contribution in [-0.4, -0.2) is 29.6 Å². The minimum atomic E-state index is -0.279. The van der Waals surface area contributed by atoms with Crippen LogP contribution in [0, 0.1) is 0 Å². The van der Waals surface area contributed by atoms with E-state index in [-0.39, 0.29) is 17.6 Å². The van der Waals surface area contributed by atoms with Crippen molar-refractivity contribution in [3.05, 3.63) is 36.7 Å². The second-order valence-corrected chi connectivity index (χ2v) is 3.48. The number of pyridine rings is 1. The van der Waals surface area contributed by atoms with Crippen LogP contribution in [0.1, 0.15) is 0 Å². The second-order valence-electron chi connectivity index (χ2n) is 3.48. The molecule has 0 radical (unpaired) electrons. The molecule has 6 heteroatoms. The molecule has 0 aliphatic rings. The van der Waals surface area contributed by atoms with Crippen molar-refractivity contribution in [3.8, 4) is 23.3 Å². The first-order valence-electron chi connectivity index (χ1n) is 4.93. The first kappa shape index (κ1) is 9.59. The molecule has 0 aliphatic heterocycles. The van der Waals surface area contributed by atoms with Crippen LogP contribution in [0.25, 0.3) is 17.2 Å². The number of aromatic nitrogens is 4. The molecular formula is C11H8N4O2. The van der Waals surface area contributed by atoms with Crippen LogP contribution in [0.2, 0.25) is 0 Å². The molecule has 3 aromatic rings. The standard InChI is InChI=1S/C11H8N4O2/c16-9-5-10(17)14-11(13-9)7-6-12-8-3-1-2-4-15(7)8/h1-6H,(H2,13,14,16,17). The molecule has 0 saturated carbocycles. The maximum atomic E-state index is 9.32. The van der Waals surface area contributed by atoms with Crippen LogP contribution in [0.5, 0.6) is 11.8 Å². The van der Waals surface area contributed by atoms with Crippen LogP contribution >= 0.6 is 0 Å². The van der Waals surface area contributed by atoms with Gasteiger partial charge in [-0.1, -0.05) is 6.07 Å². The van der Waals surface area contributed by atoms with Crippen molar-refractivity contribution in [1.29, 1.82) is 0 Å². The number of imidazole rings is 1. The van der Waals surface area contributed by atoms with E-state index in [4.69, 9.17) is 0 Å². The summed E-state index contributed by atoms with van der Waals surface area (Å²) in [5, 5.41) is 18.6. The van der Waals surface area contributed by atoms with Gasteiger partial charge in [-0.15, -0.1) is 0 Å². The van der Waals surface area contributed by atoms with Gasteiger partial charge in [0, 0.05) is 6.20 Å². The highest BCUT2D eigenvalue weighted by molar-refractivity contribution is 5.57. The van der Waals surface area contributed by atoms with Gasteiger partial charge >= 0.3 is 0 Å². The molecule has 0 saturated heterocycles. The van der Waals surface area contributed by atoms with Gasteiger partial charge in [0.25, 0.3) is 0 Å². The topological polar surface area (TPSA) is 83.5 Å². The maximum absolute atomic E-state index is 9.32. The smallest absolute Gasteiger partial charge is 0.218 e. The summed E-state index contributed by atoms with van der Waals surface area (Å²) in [4.78, 5) is 11.9. The Kier molecular flexibility index (Phi) is 1.94. The largest absolute Gasteiger partial charge is 0.493 e. The Morgan fingerprint density at radius 2 is 1.82 bits per heavy atom. The van der Waals surface area contributed by atoms with Crippen molar-refractivity contribution >= 4 is 5.65 Å². The minimum Gasteiger partial charge on any atom is -0.493 e. The predicted octanol–water partition coefficient (Wildman–Crippen LogP) is 1.20. The van der Waals surface area contributed by atoms with E-state index in [9.17, 15) is 10.2 Å².